The van der Waals surface area contributed by atoms with E-state index < -0.39 is 0 Å². The van der Waals surface area contributed by atoms with Crippen molar-refractivity contribution in [3.8, 4) is 0 Å². The first kappa shape index (κ1) is 14.0. The van der Waals surface area contributed by atoms with Gasteiger partial charge in [0.2, 0.25) is 0 Å². The van der Waals surface area contributed by atoms with Crippen molar-refractivity contribution in [3.05, 3.63) is 35.6 Å². The van der Waals surface area contributed by atoms with Crippen LogP contribution >= 0.6 is 15.9 Å². The van der Waals surface area contributed by atoms with Crippen molar-refractivity contribution in [1.82, 2.24) is 0 Å². The van der Waals surface area contributed by atoms with Crippen LogP contribution in [-0.2, 0) is 4.74 Å². The highest BCUT2D eigenvalue weighted by molar-refractivity contribution is 9.09. The highest BCUT2D eigenvalue weighted by atomic mass is 79.9. The van der Waals surface area contributed by atoms with Gasteiger partial charge in [0.25, 0.3) is 0 Å². The minimum absolute atomic E-state index is 0.0347. The molecule has 1 aliphatic carbocycles. The number of rotatable bonds is 5. The summed E-state index contributed by atoms with van der Waals surface area (Å²) in [5, 5.41) is 0.755. The summed E-state index contributed by atoms with van der Waals surface area (Å²) in [6, 6.07) is 6.61. The molecule has 1 nitrogen and oxygen atoms in total. The van der Waals surface area contributed by atoms with Crippen molar-refractivity contribution in [2.75, 3.05) is 11.9 Å². The second-order valence-corrected chi connectivity index (χ2v) is 5.68. The predicted octanol–water partition coefficient (Wildman–Crippen LogP) is 4.86. The van der Waals surface area contributed by atoms with Crippen LogP contribution in [0.2, 0.25) is 0 Å². The fourth-order valence-corrected chi connectivity index (χ4v) is 3.07. The van der Waals surface area contributed by atoms with Crippen LogP contribution < -0.4 is 0 Å². The molecule has 0 aromatic heterocycles. The molecule has 1 atom stereocenters. The van der Waals surface area contributed by atoms with E-state index in [0.29, 0.717) is 5.92 Å². The van der Waals surface area contributed by atoms with Gasteiger partial charge >= 0.3 is 0 Å². The van der Waals surface area contributed by atoms with Crippen molar-refractivity contribution in [2.45, 2.75) is 38.2 Å². The third-order valence-corrected chi connectivity index (χ3v) is 4.23. The van der Waals surface area contributed by atoms with Gasteiger partial charge < -0.3 is 4.74 Å². The fraction of sp³-hybridized carbons (Fsp3) is 0.600. The quantitative estimate of drug-likeness (QED) is 0.705. The maximum atomic E-state index is 12.9. The summed E-state index contributed by atoms with van der Waals surface area (Å²) in [5.74, 6) is 0.514. The Bertz CT molecular complexity index is 346. The highest BCUT2D eigenvalue weighted by Gasteiger charge is 2.17. The van der Waals surface area contributed by atoms with E-state index in [0.717, 1.165) is 17.5 Å². The van der Waals surface area contributed by atoms with Crippen LogP contribution in [-0.4, -0.2) is 11.9 Å². The van der Waals surface area contributed by atoms with Crippen LogP contribution in [0, 0.1) is 11.7 Å². The smallest absolute Gasteiger partial charge is 0.123 e. The summed E-state index contributed by atoms with van der Waals surface area (Å²) in [6.07, 6.45) is 6.66. The lowest BCUT2D eigenvalue weighted by Gasteiger charge is -2.24. The highest BCUT2D eigenvalue weighted by Crippen LogP contribution is 2.27. The first-order valence-corrected chi connectivity index (χ1v) is 7.85. The summed E-state index contributed by atoms with van der Waals surface area (Å²) in [4.78, 5) is 0. The molecule has 2 rings (SSSR count). The number of halogens is 2. The van der Waals surface area contributed by atoms with Crippen molar-refractivity contribution in [1.29, 1.82) is 0 Å². The van der Waals surface area contributed by atoms with E-state index in [-0.39, 0.29) is 11.9 Å². The molecule has 0 aliphatic heterocycles. The van der Waals surface area contributed by atoms with Gasteiger partial charge in [-0.05, 0) is 36.5 Å². The Balaban J connectivity index is 1.86. The molecule has 1 unspecified atom stereocenters. The van der Waals surface area contributed by atoms with Gasteiger partial charge in [0, 0.05) is 5.33 Å². The van der Waals surface area contributed by atoms with Crippen molar-refractivity contribution in [3.63, 3.8) is 0 Å². The van der Waals surface area contributed by atoms with E-state index >= 15 is 0 Å². The molecule has 0 radical (unpaired) electrons. The molecule has 0 spiro atoms. The molecule has 1 fully saturated rings. The lowest BCUT2D eigenvalue weighted by atomic mass is 9.90. The Labute approximate surface area is 117 Å². The van der Waals surface area contributed by atoms with E-state index in [2.05, 4.69) is 15.9 Å². The molecule has 18 heavy (non-hydrogen) atoms. The largest absolute Gasteiger partial charge is 0.372 e. The number of benzene rings is 1. The summed E-state index contributed by atoms with van der Waals surface area (Å²) < 4.78 is 18.9. The lowest BCUT2D eigenvalue weighted by molar-refractivity contribution is 0.0335. The molecule has 0 N–H and O–H groups in total. The molecule has 0 heterocycles. The summed E-state index contributed by atoms with van der Waals surface area (Å²) in [7, 11) is 0. The Hall–Kier alpha value is -0.410. The number of alkyl halides is 1. The monoisotopic (exact) mass is 314 g/mol. The standard InChI is InChI=1S/C15H20BrFO/c16-10-15(13-6-8-14(17)9-7-13)18-11-12-4-2-1-3-5-12/h6-9,12,15H,1-5,10-11H2. The molecule has 100 valence electrons. The first-order valence-electron chi connectivity index (χ1n) is 6.72. The van der Waals surface area contributed by atoms with E-state index in [9.17, 15) is 4.39 Å². The van der Waals surface area contributed by atoms with Crippen LogP contribution in [0.25, 0.3) is 0 Å². The summed E-state index contributed by atoms with van der Waals surface area (Å²) in [5.41, 5.74) is 1.05. The zero-order valence-electron chi connectivity index (χ0n) is 10.6. The predicted molar refractivity (Wildman–Crippen MR) is 75.5 cm³/mol. The van der Waals surface area contributed by atoms with Crippen LogP contribution in [0.4, 0.5) is 4.39 Å². The number of hydrogen-bond donors (Lipinski definition) is 0. The van der Waals surface area contributed by atoms with Gasteiger partial charge in [-0.2, -0.15) is 0 Å². The zero-order valence-corrected chi connectivity index (χ0v) is 12.2. The maximum Gasteiger partial charge on any atom is 0.123 e. The van der Waals surface area contributed by atoms with E-state index in [1.165, 1.54) is 44.2 Å². The molecule has 3 heteroatoms. The molecule has 0 saturated heterocycles. The number of hydrogen-bond acceptors (Lipinski definition) is 1. The number of ether oxygens (including phenoxy) is 1. The van der Waals surface area contributed by atoms with Gasteiger partial charge in [0.15, 0.2) is 0 Å². The van der Waals surface area contributed by atoms with Crippen molar-refractivity contribution < 1.29 is 9.13 Å². The van der Waals surface area contributed by atoms with Gasteiger partial charge in [-0.25, -0.2) is 4.39 Å². The van der Waals surface area contributed by atoms with Gasteiger partial charge in [-0.1, -0.05) is 47.3 Å². The summed E-state index contributed by atoms with van der Waals surface area (Å²) >= 11 is 3.48. The SMILES string of the molecule is Fc1ccc(C(CBr)OCC2CCCCC2)cc1. The second kappa shape index (κ2) is 7.25. The minimum Gasteiger partial charge on any atom is -0.372 e. The fourth-order valence-electron chi connectivity index (χ4n) is 2.51. The summed E-state index contributed by atoms with van der Waals surface area (Å²) in [6.45, 7) is 0.827. The topological polar surface area (TPSA) is 9.23 Å². The molecule has 1 aromatic rings. The maximum absolute atomic E-state index is 12.9. The average molecular weight is 315 g/mol. The molecule has 0 bridgehead atoms. The average Bonchev–Trinajstić information content (AvgIpc) is 2.42. The molecule has 1 aliphatic rings. The molecule has 1 saturated carbocycles. The molecular formula is C15H20BrFO. The Morgan fingerprint density at radius 1 is 1.17 bits per heavy atom. The second-order valence-electron chi connectivity index (χ2n) is 5.03. The third-order valence-electron chi connectivity index (χ3n) is 3.64. The van der Waals surface area contributed by atoms with Crippen LogP contribution in [0.3, 0.4) is 0 Å². The Kier molecular flexibility index (Phi) is 5.64. The van der Waals surface area contributed by atoms with Crippen LogP contribution in [0.1, 0.15) is 43.8 Å². The minimum atomic E-state index is -0.195. The van der Waals surface area contributed by atoms with Gasteiger partial charge in [-0.15, -0.1) is 0 Å². The first-order chi connectivity index (χ1) is 8.79. The van der Waals surface area contributed by atoms with E-state index in [1.807, 2.05) is 12.1 Å². The van der Waals surface area contributed by atoms with Gasteiger partial charge in [0.1, 0.15) is 5.82 Å². The molecule has 0 amide bonds. The lowest BCUT2D eigenvalue weighted by Crippen LogP contribution is -2.16. The van der Waals surface area contributed by atoms with E-state index in [4.69, 9.17) is 4.74 Å². The third kappa shape index (κ3) is 4.06. The molecule has 1 aromatic carbocycles. The van der Waals surface area contributed by atoms with Crippen molar-refractivity contribution in [2.24, 2.45) is 5.92 Å². The van der Waals surface area contributed by atoms with Gasteiger partial charge in [-0.3, -0.25) is 0 Å². The van der Waals surface area contributed by atoms with E-state index in [1.54, 1.807) is 0 Å². The van der Waals surface area contributed by atoms with Crippen LogP contribution in [0.5, 0.6) is 0 Å². The Morgan fingerprint density at radius 3 is 2.44 bits per heavy atom. The van der Waals surface area contributed by atoms with Gasteiger partial charge in [0.05, 0.1) is 12.7 Å². The normalized spacial score (nSPS) is 18.8. The Morgan fingerprint density at radius 2 is 1.83 bits per heavy atom. The zero-order chi connectivity index (χ0) is 12.8. The van der Waals surface area contributed by atoms with Crippen molar-refractivity contribution >= 4 is 15.9 Å². The van der Waals surface area contributed by atoms with Crippen LogP contribution in [0.15, 0.2) is 24.3 Å². The molecular weight excluding hydrogens is 295 g/mol.